The lowest BCUT2D eigenvalue weighted by Gasteiger charge is -2.31. The van der Waals surface area contributed by atoms with Crippen LogP contribution in [0.15, 0.2) is 0 Å². The summed E-state index contributed by atoms with van der Waals surface area (Å²) >= 11 is 0. The van der Waals surface area contributed by atoms with E-state index in [0.717, 1.165) is 45.5 Å². The van der Waals surface area contributed by atoms with Crippen molar-refractivity contribution in [1.29, 1.82) is 0 Å². The SMILES string of the molecule is CCC1CN(CCCOCCOC)CCC1=O. The normalized spacial score (nSPS) is 22.0. The second-order valence-corrected chi connectivity index (χ2v) is 4.58. The molecular formula is C13H25NO3. The molecule has 1 fully saturated rings. The van der Waals surface area contributed by atoms with E-state index in [-0.39, 0.29) is 5.92 Å². The molecular weight excluding hydrogens is 218 g/mol. The van der Waals surface area contributed by atoms with Crippen molar-refractivity contribution < 1.29 is 14.3 Å². The number of ketones is 1. The summed E-state index contributed by atoms with van der Waals surface area (Å²) in [6.45, 7) is 7.12. The van der Waals surface area contributed by atoms with Crippen LogP contribution in [0, 0.1) is 5.92 Å². The first kappa shape index (κ1) is 14.6. The number of likely N-dealkylation sites (tertiary alicyclic amines) is 1. The first-order valence-corrected chi connectivity index (χ1v) is 6.59. The molecule has 1 atom stereocenters. The van der Waals surface area contributed by atoms with Gasteiger partial charge in [0.15, 0.2) is 0 Å². The first-order chi connectivity index (χ1) is 8.27. The van der Waals surface area contributed by atoms with Crippen molar-refractivity contribution in [2.75, 3.05) is 46.6 Å². The number of nitrogens with zero attached hydrogens (tertiary/aromatic N) is 1. The summed E-state index contributed by atoms with van der Waals surface area (Å²) in [6.07, 6.45) is 2.73. The number of carbonyl (C=O) groups is 1. The Kier molecular flexibility index (Phi) is 7.40. The van der Waals surface area contributed by atoms with Crippen molar-refractivity contribution in [2.45, 2.75) is 26.2 Å². The van der Waals surface area contributed by atoms with Gasteiger partial charge in [-0.2, -0.15) is 0 Å². The largest absolute Gasteiger partial charge is 0.382 e. The fraction of sp³-hybridized carbons (Fsp3) is 0.923. The minimum Gasteiger partial charge on any atom is -0.382 e. The maximum atomic E-state index is 11.6. The van der Waals surface area contributed by atoms with Crippen LogP contribution in [0.5, 0.6) is 0 Å². The molecule has 1 aliphatic heterocycles. The molecule has 0 spiro atoms. The van der Waals surface area contributed by atoms with E-state index in [0.29, 0.717) is 19.0 Å². The molecule has 17 heavy (non-hydrogen) atoms. The van der Waals surface area contributed by atoms with Gasteiger partial charge in [0.2, 0.25) is 0 Å². The van der Waals surface area contributed by atoms with Gasteiger partial charge in [-0.15, -0.1) is 0 Å². The minimum atomic E-state index is 0.262. The second kappa shape index (κ2) is 8.61. The van der Waals surface area contributed by atoms with E-state index in [1.807, 2.05) is 0 Å². The van der Waals surface area contributed by atoms with Crippen LogP contribution in [0.4, 0.5) is 0 Å². The lowest BCUT2D eigenvalue weighted by atomic mass is 9.94. The number of Topliss-reactive ketones (excluding diaryl/α,β-unsaturated/α-hetero) is 1. The Bertz CT molecular complexity index is 221. The fourth-order valence-electron chi connectivity index (χ4n) is 2.17. The molecule has 0 amide bonds. The van der Waals surface area contributed by atoms with E-state index in [1.54, 1.807) is 7.11 Å². The summed E-state index contributed by atoms with van der Waals surface area (Å²) in [7, 11) is 1.68. The molecule has 100 valence electrons. The molecule has 1 aliphatic rings. The molecule has 0 N–H and O–H groups in total. The molecule has 4 nitrogen and oxygen atoms in total. The standard InChI is InChI=1S/C13H25NO3/c1-3-12-11-14(7-5-13(12)15)6-4-8-17-10-9-16-2/h12H,3-11H2,1-2H3. The molecule has 1 saturated heterocycles. The van der Waals surface area contributed by atoms with E-state index in [9.17, 15) is 4.79 Å². The average Bonchev–Trinajstić information content (AvgIpc) is 2.35. The van der Waals surface area contributed by atoms with Crippen molar-refractivity contribution in [3.63, 3.8) is 0 Å². The zero-order chi connectivity index (χ0) is 12.5. The third kappa shape index (κ3) is 5.61. The summed E-state index contributed by atoms with van der Waals surface area (Å²) < 4.78 is 10.3. The van der Waals surface area contributed by atoms with E-state index in [1.165, 1.54) is 0 Å². The van der Waals surface area contributed by atoms with Crippen LogP contribution in [0.25, 0.3) is 0 Å². The predicted octanol–water partition coefficient (Wildman–Crippen LogP) is 1.34. The number of methoxy groups -OCH3 is 1. The average molecular weight is 243 g/mol. The quantitative estimate of drug-likeness (QED) is 0.603. The Morgan fingerprint density at radius 2 is 2.18 bits per heavy atom. The van der Waals surface area contributed by atoms with Gasteiger partial charge in [0.25, 0.3) is 0 Å². The van der Waals surface area contributed by atoms with Crippen LogP contribution in [0.3, 0.4) is 0 Å². The number of hydrogen-bond acceptors (Lipinski definition) is 4. The highest BCUT2D eigenvalue weighted by Crippen LogP contribution is 2.15. The number of ether oxygens (including phenoxy) is 2. The van der Waals surface area contributed by atoms with Gasteiger partial charge in [-0.25, -0.2) is 0 Å². The Morgan fingerprint density at radius 3 is 2.88 bits per heavy atom. The molecule has 0 saturated carbocycles. The number of hydrogen-bond donors (Lipinski definition) is 0. The van der Waals surface area contributed by atoms with Gasteiger partial charge in [-0.3, -0.25) is 4.79 Å². The highest BCUT2D eigenvalue weighted by atomic mass is 16.5. The highest BCUT2D eigenvalue weighted by Gasteiger charge is 2.24. The van der Waals surface area contributed by atoms with Crippen molar-refractivity contribution >= 4 is 5.78 Å². The van der Waals surface area contributed by atoms with E-state index in [4.69, 9.17) is 9.47 Å². The van der Waals surface area contributed by atoms with Gasteiger partial charge in [0.1, 0.15) is 5.78 Å². The number of rotatable bonds is 8. The smallest absolute Gasteiger partial charge is 0.138 e. The van der Waals surface area contributed by atoms with Gasteiger partial charge in [-0.05, 0) is 12.8 Å². The Hall–Kier alpha value is -0.450. The Balaban J connectivity index is 2.05. The summed E-state index contributed by atoms with van der Waals surface area (Å²) in [5, 5.41) is 0. The molecule has 0 aromatic heterocycles. The summed E-state index contributed by atoms with van der Waals surface area (Å²) in [6, 6.07) is 0. The molecule has 0 aromatic carbocycles. The third-order valence-corrected chi connectivity index (χ3v) is 3.30. The van der Waals surface area contributed by atoms with E-state index in [2.05, 4.69) is 11.8 Å². The molecule has 0 aliphatic carbocycles. The molecule has 1 heterocycles. The maximum Gasteiger partial charge on any atom is 0.138 e. The Labute approximate surface area is 104 Å². The van der Waals surface area contributed by atoms with Gasteiger partial charge in [0.05, 0.1) is 13.2 Å². The van der Waals surface area contributed by atoms with Crippen LogP contribution >= 0.6 is 0 Å². The van der Waals surface area contributed by atoms with Crippen LogP contribution in [0.1, 0.15) is 26.2 Å². The predicted molar refractivity (Wildman–Crippen MR) is 67.2 cm³/mol. The molecule has 1 unspecified atom stereocenters. The van der Waals surface area contributed by atoms with E-state index < -0.39 is 0 Å². The monoisotopic (exact) mass is 243 g/mol. The van der Waals surface area contributed by atoms with Gasteiger partial charge in [-0.1, -0.05) is 6.92 Å². The number of carbonyl (C=O) groups excluding carboxylic acids is 1. The number of piperidine rings is 1. The molecule has 0 bridgehead atoms. The highest BCUT2D eigenvalue weighted by molar-refractivity contribution is 5.82. The fourth-order valence-corrected chi connectivity index (χ4v) is 2.17. The van der Waals surface area contributed by atoms with Gasteiger partial charge >= 0.3 is 0 Å². The zero-order valence-corrected chi connectivity index (χ0v) is 11.1. The summed E-state index contributed by atoms with van der Waals surface area (Å²) in [4.78, 5) is 13.9. The zero-order valence-electron chi connectivity index (χ0n) is 11.1. The van der Waals surface area contributed by atoms with Crippen LogP contribution < -0.4 is 0 Å². The molecule has 1 rings (SSSR count). The first-order valence-electron chi connectivity index (χ1n) is 6.59. The van der Waals surface area contributed by atoms with Crippen molar-refractivity contribution in [2.24, 2.45) is 5.92 Å². The lowest BCUT2D eigenvalue weighted by molar-refractivity contribution is -0.126. The van der Waals surface area contributed by atoms with Gasteiger partial charge in [0, 0.05) is 45.7 Å². The Morgan fingerprint density at radius 1 is 1.35 bits per heavy atom. The van der Waals surface area contributed by atoms with Crippen molar-refractivity contribution in [3.05, 3.63) is 0 Å². The molecule has 4 heteroatoms. The van der Waals surface area contributed by atoms with Gasteiger partial charge < -0.3 is 14.4 Å². The minimum absolute atomic E-state index is 0.262. The van der Waals surface area contributed by atoms with Crippen LogP contribution in [-0.2, 0) is 14.3 Å². The second-order valence-electron chi connectivity index (χ2n) is 4.58. The topological polar surface area (TPSA) is 38.8 Å². The van der Waals surface area contributed by atoms with Crippen molar-refractivity contribution in [3.8, 4) is 0 Å². The van der Waals surface area contributed by atoms with E-state index >= 15 is 0 Å². The van der Waals surface area contributed by atoms with Crippen molar-refractivity contribution in [1.82, 2.24) is 4.90 Å². The van der Waals surface area contributed by atoms with Crippen LogP contribution in [0.2, 0.25) is 0 Å². The molecule has 0 aromatic rings. The maximum absolute atomic E-state index is 11.6. The summed E-state index contributed by atoms with van der Waals surface area (Å²) in [5.41, 5.74) is 0. The molecule has 0 radical (unpaired) electrons. The van der Waals surface area contributed by atoms with Crippen LogP contribution in [-0.4, -0.2) is 57.2 Å². The summed E-state index contributed by atoms with van der Waals surface area (Å²) in [5.74, 6) is 0.707. The lowest BCUT2D eigenvalue weighted by Crippen LogP contribution is -2.41. The third-order valence-electron chi connectivity index (χ3n) is 3.30.